The van der Waals surface area contributed by atoms with Gasteiger partial charge in [-0.15, -0.1) is 0 Å². The Bertz CT molecular complexity index is 381. The topological polar surface area (TPSA) is 67.9 Å². The molecule has 0 spiro atoms. The third-order valence-corrected chi connectivity index (χ3v) is 3.89. The summed E-state index contributed by atoms with van der Waals surface area (Å²) in [5, 5.41) is 0.163. The van der Waals surface area contributed by atoms with Gasteiger partial charge in [0.05, 0.1) is 0 Å². The number of hydrogen-bond donors (Lipinski definition) is 1. The molecular formula is C11H18ClN5. The Kier molecular flexibility index (Phi) is 3.38. The molecule has 1 aliphatic rings. The molecule has 1 aliphatic heterocycles. The zero-order valence-corrected chi connectivity index (χ0v) is 11.0. The summed E-state index contributed by atoms with van der Waals surface area (Å²) in [7, 11) is 0. The highest BCUT2D eigenvalue weighted by Gasteiger charge is 2.29. The van der Waals surface area contributed by atoms with E-state index in [1.54, 1.807) is 0 Å². The molecule has 0 radical (unpaired) electrons. The Balaban J connectivity index is 2.10. The molecule has 94 valence electrons. The van der Waals surface area contributed by atoms with Gasteiger partial charge in [0.1, 0.15) is 0 Å². The zero-order chi connectivity index (χ0) is 12.5. The third-order valence-electron chi connectivity index (χ3n) is 3.72. The van der Waals surface area contributed by atoms with Crippen LogP contribution in [-0.2, 0) is 0 Å². The summed E-state index contributed by atoms with van der Waals surface area (Å²) in [5.41, 5.74) is 6.02. The number of nitrogens with two attached hydrogens (primary N) is 1. The number of hydrogen-bond acceptors (Lipinski definition) is 5. The molecule has 17 heavy (non-hydrogen) atoms. The largest absolute Gasteiger partial charge is 0.368 e. The van der Waals surface area contributed by atoms with E-state index in [0.29, 0.717) is 11.4 Å². The number of piperidine rings is 1. The second kappa shape index (κ2) is 4.64. The second-order valence-electron chi connectivity index (χ2n) is 4.91. The lowest BCUT2D eigenvalue weighted by Crippen LogP contribution is -2.39. The SMILES string of the molecule is CCC1(C)CCN(c2nc(N)nc(Cl)n2)CC1. The lowest BCUT2D eigenvalue weighted by molar-refractivity contribution is 0.237. The van der Waals surface area contributed by atoms with Crippen LogP contribution in [0.5, 0.6) is 0 Å². The molecule has 6 heteroatoms. The highest BCUT2D eigenvalue weighted by atomic mass is 35.5. The lowest BCUT2D eigenvalue weighted by atomic mass is 9.78. The van der Waals surface area contributed by atoms with E-state index in [-0.39, 0.29) is 11.2 Å². The predicted octanol–water partition coefficient (Wildman–Crippen LogP) is 2.12. The Morgan fingerprint density at radius 1 is 1.29 bits per heavy atom. The number of nitrogen functional groups attached to an aromatic ring is 1. The summed E-state index contributed by atoms with van der Waals surface area (Å²) in [6, 6.07) is 0. The summed E-state index contributed by atoms with van der Waals surface area (Å²) >= 11 is 5.78. The van der Waals surface area contributed by atoms with Crippen LogP contribution < -0.4 is 10.6 Å². The molecule has 0 saturated carbocycles. The fourth-order valence-corrected chi connectivity index (χ4v) is 2.26. The first kappa shape index (κ1) is 12.4. The zero-order valence-electron chi connectivity index (χ0n) is 10.3. The van der Waals surface area contributed by atoms with Gasteiger partial charge >= 0.3 is 0 Å². The molecule has 1 aromatic heterocycles. The van der Waals surface area contributed by atoms with E-state index in [9.17, 15) is 0 Å². The van der Waals surface area contributed by atoms with Gasteiger partial charge in [0.25, 0.3) is 0 Å². The fraction of sp³-hybridized carbons (Fsp3) is 0.727. The molecule has 0 unspecified atom stereocenters. The van der Waals surface area contributed by atoms with Crippen molar-refractivity contribution in [3.8, 4) is 0 Å². The van der Waals surface area contributed by atoms with E-state index in [1.165, 1.54) is 6.42 Å². The predicted molar refractivity (Wildman–Crippen MR) is 69.1 cm³/mol. The van der Waals surface area contributed by atoms with Gasteiger partial charge in [-0.3, -0.25) is 0 Å². The molecule has 0 bridgehead atoms. The van der Waals surface area contributed by atoms with Gasteiger partial charge in [0.2, 0.25) is 17.2 Å². The molecule has 2 heterocycles. The first-order valence-electron chi connectivity index (χ1n) is 5.94. The van der Waals surface area contributed by atoms with Crippen LogP contribution in [0.25, 0.3) is 0 Å². The molecule has 2 N–H and O–H groups in total. The van der Waals surface area contributed by atoms with Crippen molar-refractivity contribution < 1.29 is 0 Å². The van der Waals surface area contributed by atoms with Crippen LogP contribution in [0.15, 0.2) is 0 Å². The van der Waals surface area contributed by atoms with E-state index in [1.807, 2.05) is 0 Å². The van der Waals surface area contributed by atoms with Gasteiger partial charge in [-0.05, 0) is 29.9 Å². The molecular weight excluding hydrogens is 238 g/mol. The van der Waals surface area contributed by atoms with Crippen molar-refractivity contribution in [3.05, 3.63) is 5.28 Å². The Hall–Kier alpha value is -1.10. The van der Waals surface area contributed by atoms with Crippen molar-refractivity contribution in [1.82, 2.24) is 15.0 Å². The Labute approximate surface area is 106 Å². The van der Waals surface area contributed by atoms with Crippen molar-refractivity contribution in [3.63, 3.8) is 0 Å². The highest BCUT2D eigenvalue weighted by molar-refractivity contribution is 6.28. The third kappa shape index (κ3) is 2.77. The summed E-state index contributed by atoms with van der Waals surface area (Å²) in [6.45, 7) is 6.47. The van der Waals surface area contributed by atoms with E-state index in [4.69, 9.17) is 17.3 Å². The summed E-state index contributed by atoms with van der Waals surface area (Å²) in [4.78, 5) is 14.1. The smallest absolute Gasteiger partial charge is 0.231 e. The van der Waals surface area contributed by atoms with E-state index >= 15 is 0 Å². The minimum Gasteiger partial charge on any atom is -0.368 e. The molecule has 1 aromatic rings. The number of halogens is 1. The van der Waals surface area contributed by atoms with Gasteiger partial charge in [-0.25, -0.2) is 0 Å². The second-order valence-corrected chi connectivity index (χ2v) is 5.25. The standard InChI is InChI=1S/C11H18ClN5/c1-3-11(2)4-6-17(7-5-11)10-15-8(12)14-9(13)16-10/h3-7H2,1-2H3,(H2,13,14,15,16). The molecule has 1 saturated heterocycles. The van der Waals surface area contributed by atoms with E-state index in [0.717, 1.165) is 25.9 Å². The monoisotopic (exact) mass is 255 g/mol. The first-order chi connectivity index (χ1) is 8.02. The summed E-state index contributed by atoms with van der Waals surface area (Å²) in [5.74, 6) is 0.782. The van der Waals surface area contributed by atoms with Crippen molar-refractivity contribution in [2.45, 2.75) is 33.1 Å². The van der Waals surface area contributed by atoms with Crippen LogP contribution >= 0.6 is 11.6 Å². The van der Waals surface area contributed by atoms with E-state index in [2.05, 4.69) is 33.7 Å². The number of nitrogens with zero attached hydrogens (tertiary/aromatic N) is 4. The van der Waals surface area contributed by atoms with E-state index < -0.39 is 0 Å². The quantitative estimate of drug-likeness (QED) is 0.877. The molecule has 2 rings (SSSR count). The van der Waals surface area contributed by atoms with Crippen molar-refractivity contribution in [1.29, 1.82) is 0 Å². The van der Waals surface area contributed by atoms with Gasteiger partial charge in [-0.1, -0.05) is 20.3 Å². The molecule has 5 nitrogen and oxygen atoms in total. The first-order valence-corrected chi connectivity index (χ1v) is 6.32. The van der Waals surface area contributed by atoms with Crippen LogP contribution in [0.4, 0.5) is 11.9 Å². The normalized spacial score (nSPS) is 19.4. The summed E-state index contributed by atoms with van der Waals surface area (Å²) < 4.78 is 0. The van der Waals surface area contributed by atoms with Crippen LogP contribution in [0, 0.1) is 5.41 Å². The minimum atomic E-state index is 0.163. The van der Waals surface area contributed by atoms with Crippen LogP contribution in [0.3, 0.4) is 0 Å². The fourth-order valence-electron chi connectivity index (χ4n) is 2.10. The molecule has 0 aliphatic carbocycles. The molecule has 1 fully saturated rings. The maximum atomic E-state index is 5.78. The van der Waals surface area contributed by atoms with Crippen molar-refractivity contribution in [2.75, 3.05) is 23.7 Å². The van der Waals surface area contributed by atoms with Gasteiger partial charge in [-0.2, -0.15) is 15.0 Å². The number of aromatic nitrogens is 3. The molecule has 0 atom stereocenters. The van der Waals surface area contributed by atoms with Crippen LogP contribution in [-0.4, -0.2) is 28.0 Å². The van der Waals surface area contributed by atoms with Crippen LogP contribution in [0.1, 0.15) is 33.1 Å². The average Bonchev–Trinajstić information content (AvgIpc) is 2.29. The average molecular weight is 256 g/mol. The lowest BCUT2D eigenvalue weighted by Gasteiger charge is -2.38. The maximum Gasteiger partial charge on any atom is 0.231 e. The van der Waals surface area contributed by atoms with Crippen LogP contribution in [0.2, 0.25) is 5.28 Å². The Morgan fingerprint density at radius 2 is 1.94 bits per heavy atom. The van der Waals surface area contributed by atoms with Crippen molar-refractivity contribution >= 4 is 23.5 Å². The molecule has 0 amide bonds. The highest BCUT2D eigenvalue weighted by Crippen LogP contribution is 2.34. The van der Waals surface area contributed by atoms with Gasteiger partial charge in [0, 0.05) is 13.1 Å². The number of rotatable bonds is 2. The summed E-state index contributed by atoms with van der Waals surface area (Å²) in [6.07, 6.45) is 3.50. The number of anilines is 2. The van der Waals surface area contributed by atoms with Crippen molar-refractivity contribution in [2.24, 2.45) is 5.41 Å². The van der Waals surface area contributed by atoms with Gasteiger partial charge in [0.15, 0.2) is 0 Å². The van der Waals surface area contributed by atoms with Gasteiger partial charge < -0.3 is 10.6 Å². The molecule has 0 aromatic carbocycles. The Morgan fingerprint density at radius 3 is 2.47 bits per heavy atom. The minimum absolute atomic E-state index is 0.163. The maximum absolute atomic E-state index is 5.78.